The summed E-state index contributed by atoms with van der Waals surface area (Å²) in [5.74, 6) is 0. The van der Waals surface area contributed by atoms with Crippen molar-refractivity contribution in [3.63, 3.8) is 0 Å². The summed E-state index contributed by atoms with van der Waals surface area (Å²) < 4.78 is 1.08. The largest absolute Gasteiger partial charge is 0.342 e. The maximum absolute atomic E-state index is 10.3. The van der Waals surface area contributed by atoms with E-state index in [1.165, 1.54) is 12.8 Å². The van der Waals surface area contributed by atoms with Crippen molar-refractivity contribution >= 4 is 29.0 Å². The molecule has 0 N–H and O–H groups in total. The number of hydrogen-bond acceptors (Lipinski definition) is 1. The standard InChI is InChI=1S/C6H10INO/c7-4-6-2-1-3-8(6)5-9/h5-6H,1-4H2. The van der Waals surface area contributed by atoms with E-state index in [0.29, 0.717) is 6.04 Å². The first-order valence-electron chi connectivity index (χ1n) is 3.15. The number of amides is 1. The molecular weight excluding hydrogens is 229 g/mol. The maximum atomic E-state index is 10.3. The average molecular weight is 239 g/mol. The molecule has 0 spiro atoms. The molecule has 9 heavy (non-hydrogen) atoms. The van der Waals surface area contributed by atoms with Crippen molar-refractivity contribution in [1.29, 1.82) is 0 Å². The summed E-state index contributed by atoms with van der Waals surface area (Å²) in [6, 6.07) is 0.531. The molecule has 1 rings (SSSR count). The molecule has 2 nitrogen and oxygen atoms in total. The van der Waals surface area contributed by atoms with Crippen LogP contribution in [0, 0.1) is 0 Å². The minimum Gasteiger partial charge on any atom is -0.342 e. The highest BCUT2D eigenvalue weighted by molar-refractivity contribution is 14.1. The van der Waals surface area contributed by atoms with Crippen LogP contribution in [0.1, 0.15) is 12.8 Å². The normalized spacial score (nSPS) is 26.8. The van der Waals surface area contributed by atoms with Gasteiger partial charge in [0, 0.05) is 17.0 Å². The molecule has 0 bridgehead atoms. The van der Waals surface area contributed by atoms with E-state index in [1.807, 2.05) is 4.90 Å². The molecule has 52 valence electrons. The van der Waals surface area contributed by atoms with Crippen LogP contribution in [0.5, 0.6) is 0 Å². The van der Waals surface area contributed by atoms with Crippen molar-refractivity contribution in [3.05, 3.63) is 0 Å². The minimum absolute atomic E-state index is 0.531. The summed E-state index contributed by atoms with van der Waals surface area (Å²) >= 11 is 2.33. The molecule has 1 aliphatic heterocycles. The number of rotatable bonds is 2. The van der Waals surface area contributed by atoms with Crippen LogP contribution in [-0.4, -0.2) is 28.3 Å². The lowest BCUT2D eigenvalue weighted by atomic mass is 10.2. The van der Waals surface area contributed by atoms with Gasteiger partial charge in [-0.25, -0.2) is 0 Å². The number of halogens is 1. The number of likely N-dealkylation sites (tertiary alicyclic amines) is 1. The van der Waals surface area contributed by atoms with Gasteiger partial charge >= 0.3 is 0 Å². The Hall–Kier alpha value is 0.200. The SMILES string of the molecule is O=CN1CCCC1CI. The maximum Gasteiger partial charge on any atom is 0.209 e. The fraction of sp³-hybridized carbons (Fsp3) is 0.833. The van der Waals surface area contributed by atoms with Gasteiger partial charge in [0.1, 0.15) is 0 Å². The van der Waals surface area contributed by atoms with Gasteiger partial charge in [0.15, 0.2) is 0 Å². The van der Waals surface area contributed by atoms with Crippen LogP contribution in [0.3, 0.4) is 0 Å². The zero-order chi connectivity index (χ0) is 6.69. The monoisotopic (exact) mass is 239 g/mol. The van der Waals surface area contributed by atoms with Crippen LogP contribution < -0.4 is 0 Å². The Morgan fingerprint density at radius 3 is 3.00 bits per heavy atom. The van der Waals surface area contributed by atoms with Crippen molar-refractivity contribution < 1.29 is 4.79 Å². The second-order valence-electron chi connectivity index (χ2n) is 2.29. The van der Waals surface area contributed by atoms with E-state index in [-0.39, 0.29) is 0 Å². The summed E-state index contributed by atoms with van der Waals surface area (Å²) in [6.45, 7) is 0.969. The van der Waals surface area contributed by atoms with E-state index in [2.05, 4.69) is 22.6 Å². The molecule has 0 aromatic carbocycles. The number of nitrogens with zero attached hydrogens (tertiary/aromatic N) is 1. The van der Waals surface area contributed by atoms with Crippen LogP contribution in [0.25, 0.3) is 0 Å². The highest BCUT2D eigenvalue weighted by Gasteiger charge is 2.20. The van der Waals surface area contributed by atoms with Gasteiger partial charge in [0.25, 0.3) is 0 Å². The molecule has 0 saturated carbocycles. The summed E-state index contributed by atoms with van der Waals surface area (Å²) in [5, 5.41) is 0. The van der Waals surface area contributed by atoms with E-state index in [4.69, 9.17) is 0 Å². The van der Waals surface area contributed by atoms with E-state index >= 15 is 0 Å². The first-order valence-corrected chi connectivity index (χ1v) is 4.68. The third kappa shape index (κ3) is 1.56. The van der Waals surface area contributed by atoms with Gasteiger partial charge in [0.05, 0.1) is 0 Å². The van der Waals surface area contributed by atoms with Gasteiger partial charge in [-0.1, -0.05) is 22.6 Å². The molecule has 1 unspecified atom stereocenters. The molecular formula is C6H10INO. The summed E-state index contributed by atoms with van der Waals surface area (Å²) in [4.78, 5) is 12.2. The van der Waals surface area contributed by atoms with Crippen LogP contribution in [0.15, 0.2) is 0 Å². The zero-order valence-corrected chi connectivity index (χ0v) is 7.37. The Balaban J connectivity index is 2.41. The molecule has 0 radical (unpaired) electrons. The lowest BCUT2D eigenvalue weighted by molar-refractivity contribution is -0.118. The molecule has 1 atom stereocenters. The Kier molecular flexibility index (Phi) is 2.75. The lowest BCUT2D eigenvalue weighted by Gasteiger charge is -2.16. The lowest BCUT2D eigenvalue weighted by Crippen LogP contribution is -2.28. The van der Waals surface area contributed by atoms with Crippen molar-refractivity contribution in [1.82, 2.24) is 4.90 Å². The first kappa shape index (κ1) is 7.31. The molecule has 1 fully saturated rings. The molecule has 3 heteroatoms. The highest BCUT2D eigenvalue weighted by atomic mass is 127. The molecule has 1 aliphatic rings. The third-order valence-corrected chi connectivity index (χ3v) is 2.75. The molecule has 1 heterocycles. The first-order chi connectivity index (χ1) is 4.38. The van der Waals surface area contributed by atoms with Crippen molar-refractivity contribution in [2.75, 3.05) is 11.0 Å². The number of carbonyl (C=O) groups is 1. The Morgan fingerprint density at radius 2 is 2.56 bits per heavy atom. The minimum atomic E-state index is 0.531. The van der Waals surface area contributed by atoms with Crippen molar-refractivity contribution in [3.8, 4) is 0 Å². The summed E-state index contributed by atoms with van der Waals surface area (Å²) in [5.41, 5.74) is 0. The second-order valence-corrected chi connectivity index (χ2v) is 3.17. The van der Waals surface area contributed by atoms with Crippen LogP contribution in [0.4, 0.5) is 0 Å². The number of alkyl halides is 1. The van der Waals surface area contributed by atoms with Gasteiger partial charge in [-0.15, -0.1) is 0 Å². The summed E-state index contributed by atoms with van der Waals surface area (Å²) in [6.07, 6.45) is 3.35. The Bertz CT molecular complexity index is 107. The van der Waals surface area contributed by atoms with Crippen LogP contribution in [0.2, 0.25) is 0 Å². The number of carbonyl (C=O) groups excluding carboxylic acids is 1. The van der Waals surface area contributed by atoms with Crippen molar-refractivity contribution in [2.45, 2.75) is 18.9 Å². The van der Waals surface area contributed by atoms with E-state index in [1.54, 1.807) is 0 Å². The molecule has 0 aromatic rings. The van der Waals surface area contributed by atoms with Crippen LogP contribution in [-0.2, 0) is 4.79 Å². The third-order valence-electron chi connectivity index (χ3n) is 1.74. The molecule has 0 aromatic heterocycles. The Morgan fingerprint density at radius 1 is 1.78 bits per heavy atom. The summed E-state index contributed by atoms with van der Waals surface area (Å²) in [7, 11) is 0. The van der Waals surface area contributed by atoms with Crippen molar-refractivity contribution in [2.24, 2.45) is 0 Å². The topological polar surface area (TPSA) is 20.3 Å². The predicted octanol–water partition coefficient (Wildman–Crippen LogP) is 1.04. The smallest absolute Gasteiger partial charge is 0.209 e. The quantitative estimate of drug-likeness (QED) is 0.400. The Labute approximate surface area is 68.7 Å². The van der Waals surface area contributed by atoms with Gasteiger partial charge in [0.2, 0.25) is 6.41 Å². The van der Waals surface area contributed by atoms with Gasteiger partial charge in [-0.3, -0.25) is 4.79 Å². The molecule has 1 saturated heterocycles. The highest BCUT2D eigenvalue weighted by Crippen LogP contribution is 2.16. The molecule has 1 amide bonds. The fourth-order valence-electron chi connectivity index (χ4n) is 1.16. The average Bonchev–Trinajstić information content (AvgIpc) is 2.33. The second kappa shape index (κ2) is 3.39. The van der Waals surface area contributed by atoms with E-state index < -0.39 is 0 Å². The van der Waals surface area contributed by atoms with E-state index in [0.717, 1.165) is 17.4 Å². The predicted molar refractivity (Wildman–Crippen MR) is 44.7 cm³/mol. The number of hydrogen-bond donors (Lipinski definition) is 0. The van der Waals surface area contributed by atoms with Gasteiger partial charge in [-0.05, 0) is 12.8 Å². The van der Waals surface area contributed by atoms with E-state index in [9.17, 15) is 4.79 Å². The van der Waals surface area contributed by atoms with Crippen LogP contribution >= 0.6 is 22.6 Å². The molecule has 0 aliphatic carbocycles. The van der Waals surface area contributed by atoms with Gasteiger partial charge in [-0.2, -0.15) is 0 Å². The zero-order valence-electron chi connectivity index (χ0n) is 5.22. The fourth-order valence-corrected chi connectivity index (χ4v) is 2.11. The van der Waals surface area contributed by atoms with Gasteiger partial charge < -0.3 is 4.90 Å².